The second-order valence-corrected chi connectivity index (χ2v) is 7.26. The molecule has 0 bridgehead atoms. The highest BCUT2D eigenvalue weighted by Crippen LogP contribution is 2.23. The van der Waals surface area contributed by atoms with E-state index in [0.717, 1.165) is 22.3 Å². The van der Waals surface area contributed by atoms with Crippen molar-refractivity contribution in [3.63, 3.8) is 0 Å². The first-order chi connectivity index (χ1) is 14.5. The predicted octanol–water partition coefficient (Wildman–Crippen LogP) is 4.24. The normalized spacial score (nSPS) is 15.3. The number of anilines is 2. The quantitative estimate of drug-likeness (QED) is 0.617. The van der Waals surface area contributed by atoms with Crippen molar-refractivity contribution in [2.75, 3.05) is 10.6 Å². The molecular formula is C24H22N4O2. The van der Waals surface area contributed by atoms with Gasteiger partial charge in [-0.25, -0.2) is 9.79 Å². The molecule has 0 spiro atoms. The number of rotatable bonds is 3. The Morgan fingerprint density at radius 3 is 2.33 bits per heavy atom. The summed E-state index contributed by atoms with van der Waals surface area (Å²) in [5, 5.41) is 8.33. The zero-order valence-corrected chi connectivity index (χ0v) is 16.8. The standard InChI is InChI=1S/C24H22N4O2/c1-15-12-16(2)14-18(13-15)25-24(30)28-22-23(29)26-20-11-7-6-10-19(20)21(27-22)17-8-4-3-5-9-17/h3-14,22H,1-2H3,(H,26,29)(H2,25,28,30). The van der Waals surface area contributed by atoms with Gasteiger partial charge in [0, 0.05) is 16.8 Å². The Bertz CT molecular complexity index is 1120. The monoisotopic (exact) mass is 398 g/mol. The third-order valence-corrected chi connectivity index (χ3v) is 4.74. The molecule has 1 unspecified atom stereocenters. The number of nitrogens with zero attached hydrogens (tertiary/aromatic N) is 1. The van der Waals surface area contributed by atoms with Crippen LogP contribution in [-0.4, -0.2) is 23.8 Å². The Labute approximate surface area is 175 Å². The van der Waals surface area contributed by atoms with Gasteiger partial charge in [0.1, 0.15) is 0 Å². The van der Waals surface area contributed by atoms with Gasteiger partial charge < -0.3 is 16.0 Å². The molecule has 1 aliphatic rings. The molecule has 1 aliphatic heterocycles. The molecule has 0 fully saturated rings. The first-order valence-corrected chi connectivity index (χ1v) is 9.69. The second kappa shape index (κ2) is 8.21. The van der Waals surface area contributed by atoms with Gasteiger partial charge in [-0.15, -0.1) is 0 Å². The van der Waals surface area contributed by atoms with Gasteiger partial charge in [-0.1, -0.05) is 54.6 Å². The first-order valence-electron chi connectivity index (χ1n) is 9.69. The lowest BCUT2D eigenvalue weighted by atomic mass is 10.0. The highest BCUT2D eigenvalue weighted by atomic mass is 16.2. The van der Waals surface area contributed by atoms with Crippen molar-refractivity contribution in [2.24, 2.45) is 4.99 Å². The Morgan fingerprint density at radius 1 is 0.933 bits per heavy atom. The summed E-state index contributed by atoms with van der Waals surface area (Å²) in [5.74, 6) is -0.399. The van der Waals surface area contributed by atoms with Gasteiger partial charge in [0.25, 0.3) is 5.91 Å². The van der Waals surface area contributed by atoms with Gasteiger partial charge in [-0.3, -0.25) is 4.79 Å². The molecule has 4 rings (SSSR count). The Kier molecular flexibility index (Phi) is 5.30. The first kappa shape index (κ1) is 19.4. The molecule has 1 heterocycles. The number of hydrogen-bond acceptors (Lipinski definition) is 3. The average molecular weight is 398 g/mol. The molecule has 30 heavy (non-hydrogen) atoms. The van der Waals surface area contributed by atoms with E-state index < -0.39 is 18.1 Å². The van der Waals surface area contributed by atoms with Gasteiger partial charge in [-0.2, -0.15) is 0 Å². The van der Waals surface area contributed by atoms with Crippen LogP contribution in [0.2, 0.25) is 0 Å². The van der Waals surface area contributed by atoms with Crippen molar-refractivity contribution in [3.05, 3.63) is 95.1 Å². The van der Waals surface area contributed by atoms with Gasteiger partial charge in [0.2, 0.25) is 6.17 Å². The molecule has 0 saturated heterocycles. The fourth-order valence-electron chi connectivity index (χ4n) is 3.52. The SMILES string of the molecule is Cc1cc(C)cc(NC(=O)NC2N=C(c3ccccc3)c3ccccc3NC2=O)c1. The zero-order chi connectivity index (χ0) is 21.1. The van der Waals surface area contributed by atoms with Crippen LogP contribution in [0.25, 0.3) is 0 Å². The van der Waals surface area contributed by atoms with Crippen LogP contribution < -0.4 is 16.0 Å². The summed E-state index contributed by atoms with van der Waals surface area (Å²) in [7, 11) is 0. The summed E-state index contributed by atoms with van der Waals surface area (Å²) in [4.78, 5) is 30.0. The molecule has 0 saturated carbocycles. The zero-order valence-electron chi connectivity index (χ0n) is 16.8. The Balaban J connectivity index is 1.64. The Hall–Kier alpha value is -3.93. The molecule has 0 radical (unpaired) electrons. The lowest BCUT2D eigenvalue weighted by molar-refractivity contribution is -0.117. The molecule has 150 valence electrons. The van der Waals surface area contributed by atoms with E-state index >= 15 is 0 Å². The number of carbonyl (C=O) groups is 2. The fourth-order valence-corrected chi connectivity index (χ4v) is 3.52. The summed E-state index contributed by atoms with van der Waals surface area (Å²) in [6.45, 7) is 3.92. The summed E-state index contributed by atoms with van der Waals surface area (Å²) < 4.78 is 0. The number of para-hydroxylation sites is 1. The van der Waals surface area contributed by atoms with Crippen LogP contribution in [-0.2, 0) is 4.79 Å². The van der Waals surface area contributed by atoms with Gasteiger partial charge >= 0.3 is 6.03 Å². The summed E-state index contributed by atoms with van der Waals surface area (Å²) in [5.41, 5.74) is 5.70. The number of aliphatic imine (C=N–C) groups is 1. The van der Waals surface area contributed by atoms with E-state index in [2.05, 4.69) is 20.9 Å². The molecule has 3 aromatic rings. The summed E-state index contributed by atoms with van der Waals surface area (Å²) in [6.07, 6.45) is -1.07. The number of benzene rings is 3. The molecule has 3 amide bonds. The van der Waals surface area contributed by atoms with E-state index in [4.69, 9.17) is 0 Å². The van der Waals surface area contributed by atoms with E-state index in [1.807, 2.05) is 86.6 Å². The lowest BCUT2D eigenvalue weighted by Gasteiger charge is -2.14. The minimum absolute atomic E-state index is 0.399. The highest BCUT2D eigenvalue weighted by molar-refractivity contribution is 6.19. The van der Waals surface area contributed by atoms with Gasteiger partial charge in [0.15, 0.2) is 0 Å². The van der Waals surface area contributed by atoms with Crippen LogP contribution in [0.5, 0.6) is 0 Å². The maximum atomic E-state index is 12.8. The van der Waals surface area contributed by atoms with E-state index in [9.17, 15) is 9.59 Å². The molecule has 1 atom stereocenters. The third-order valence-electron chi connectivity index (χ3n) is 4.74. The number of benzodiazepines with no additional fused rings is 1. The maximum absolute atomic E-state index is 12.8. The average Bonchev–Trinajstić information content (AvgIpc) is 2.84. The molecule has 3 N–H and O–H groups in total. The van der Waals surface area contributed by atoms with E-state index in [1.54, 1.807) is 0 Å². The van der Waals surface area contributed by atoms with Gasteiger partial charge in [-0.05, 0) is 43.2 Å². The molecule has 0 aromatic heterocycles. The van der Waals surface area contributed by atoms with E-state index in [0.29, 0.717) is 17.1 Å². The second-order valence-electron chi connectivity index (χ2n) is 7.26. The molecular weight excluding hydrogens is 376 g/mol. The van der Waals surface area contributed by atoms with E-state index in [-0.39, 0.29) is 0 Å². The smallest absolute Gasteiger partial charge is 0.321 e. The predicted molar refractivity (Wildman–Crippen MR) is 119 cm³/mol. The van der Waals surface area contributed by atoms with Crippen molar-refractivity contribution in [1.29, 1.82) is 0 Å². The van der Waals surface area contributed by atoms with Crippen molar-refractivity contribution >= 4 is 29.0 Å². The van der Waals surface area contributed by atoms with Crippen LogP contribution in [0.4, 0.5) is 16.2 Å². The summed E-state index contributed by atoms with van der Waals surface area (Å²) >= 11 is 0. The van der Waals surface area contributed by atoms with Crippen molar-refractivity contribution in [2.45, 2.75) is 20.0 Å². The summed E-state index contributed by atoms with van der Waals surface area (Å²) in [6, 6.07) is 22.3. The lowest BCUT2D eigenvalue weighted by Crippen LogP contribution is -2.44. The Morgan fingerprint density at radius 2 is 1.60 bits per heavy atom. The number of aryl methyl sites for hydroxylation is 2. The highest BCUT2D eigenvalue weighted by Gasteiger charge is 2.27. The van der Waals surface area contributed by atoms with Crippen molar-refractivity contribution in [3.8, 4) is 0 Å². The van der Waals surface area contributed by atoms with Crippen molar-refractivity contribution in [1.82, 2.24) is 5.32 Å². The van der Waals surface area contributed by atoms with Crippen LogP contribution in [0.1, 0.15) is 22.3 Å². The van der Waals surface area contributed by atoms with Gasteiger partial charge in [0.05, 0.1) is 11.4 Å². The van der Waals surface area contributed by atoms with E-state index in [1.165, 1.54) is 0 Å². The van der Waals surface area contributed by atoms with Crippen molar-refractivity contribution < 1.29 is 9.59 Å². The number of urea groups is 1. The topological polar surface area (TPSA) is 82.6 Å². The molecule has 0 aliphatic carbocycles. The molecule has 3 aromatic carbocycles. The number of fused-ring (bicyclic) bond motifs is 1. The number of nitrogens with one attached hydrogen (secondary N) is 3. The van der Waals surface area contributed by atoms with Crippen LogP contribution >= 0.6 is 0 Å². The minimum atomic E-state index is -1.07. The number of amides is 3. The maximum Gasteiger partial charge on any atom is 0.321 e. The van der Waals surface area contributed by atoms with Crippen LogP contribution in [0.15, 0.2) is 77.8 Å². The van der Waals surface area contributed by atoms with Crippen LogP contribution in [0.3, 0.4) is 0 Å². The minimum Gasteiger partial charge on any atom is -0.322 e. The molecule has 6 heteroatoms. The molecule has 6 nitrogen and oxygen atoms in total. The largest absolute Gasteiger partial charge is 0.322 e. The number of carbonyl (C=O) groups excluding carboxylic acids is 2. The van der Waals surface area contributed by atoms with Crippen LogP contribution in [0, 0.1) is 13.8 Å². The fraction of sp³-hybridized carbons (Fsp3) is 0.125. The third kappa shape index (κ3) is 4.22. The number of hydrogen-bond donors (Lipinski definition) is 3.